The van der Waals surface area contributed by atoms with Gasteiger partial charge in [0.25, 0.3) is 0 Å². The van der Waals surface area contributed by atoms with Gasteiger partial charge in [0.2, 0.25) is 11.8 Å². The van der Waals surface area contributed by atoms with E-state index in [4.69, 9.17) is 0 Å². The number of para-hydroxylation sites is 1. The molecule has 2 aromatic rings. The third kappa shape index (κ3) is 3.96. The number of nitrogens with zero attached hydrogens (tertiary/aromatic N) is 2. The normalized spacial score (nSPS) is 17.5. The Labute approximate surface area is 165 Å². The van der Waals surface area contributed by atoms with Crippen molar-refractivity contribution in [2.24, 2.45) is 0 Å². The highest BCUT2D eigenvalue weighted by molar-refractivity contribution is 5.94. The SMILES string of the molecule is C[C@H](Nc1ccc2c(c1)CCC(=O)N2)C(=O)N1CCN(c2ccccc2)CC1. The van der Waals surface area contributed by atoms with Gasteiger partial charge in [0, 0.05) is 49.7 Å². The molecule has 0 radical (unpaired) electrons. The lowest BCUT2D eigenvalue weighted by Crippen LogP contribution is -2.52. The van der Waals surface area contributed by atoms with Gasteiger partial charge in [-0.05, 0) is 49.2 Å². The third-order valence-electron chi connectivity index (χ3n) is 5.47. The van der Waals surface area contributed by atoms with E-state index in [0.717, 1.165) is 49.5 Å². The number of fused-ring (bicyclic) bond motifs is 1. The summed E-state index contributed by atoms with van der Waals surface area (Å²) in [7, 11) is 0. The summed E-state index contributed by atoms with van der Waals surface area (Å²) in [5, 5.41) is 6.21. The van der Waals surface area contributed by atoms with Crippen LogP contribution in [-0.2, 0) is 16.0 Å². The highest BCUT2D eigenvalue weighted by Gasteiger charge is 2.25. The van der Waals surface area contributed by atoms with Crippen LogP contribution in [-0.4, -0.2) is 48.9 Å². The van der Waals surface area contributed by atoms with E-state index >= 15 is 0 Å². The summed E-state index contributed by atoms with van der Waals surface area (Å²) in [4.78, 5) is 28.6. The average molecular weight is 378 g/mol. The number of rotatable bonds is 4. The largest absolute Gasteiger partial charge is 0.374 e. The summed E-state index contributed by atoms with van der Waals surface area (Å²) in [6.45, 7) is 5.07. The predicted octanol–water partition coefficient (Wildman–Crippen LogP) is 2.72. The maximum absolute atomic E-state index is 12.9. The van der Waals surface area contributed by atoms with E-state index in [1.54, 1.807) is 0 Å². The molecule has 6 nitrogen and oxygen atoms in total. The molecule has 146 valence electrons. The molecule has 2 N–H and O–H groups in total. The predicted molar refractivity (Wildman–Crippen MR) is 112 cm³/mol. The summed E-state index contributed by atoms with van der Waals surface area (Å²) in [5.74, 6) is 0.185. The fourth-order valence-electron chi connectivity index (χ4n) is 3.88. The molecule has 2 aromatic carbocycles. The van der Waals surface area contributed by atoms with Gasteiger partial charge >= 0.3 is 0 Å². The van der Waals surface area contributed by atoms with Crippen molar-refractivity contribution < 1.29 is 9.59 Å². The first-order valence-electron chi connectivity index (χ1n) is 9.88. The molecular formula is C22H26N4O2. The molecule has 4 rings (SSSR count). The molecule has 0 bridgehead atoms. The van der Waals surface area contributed by atoms with E-state index in [9.17, 15) is 9.59 Å². The zero-order valence-corrected chi connectivity index (χ0v) is 16.1. The first-order chi connectivity index (χ1) is 13.6. The Balaban J connectivity index is 1.33. The van der Waals surface area contributed by atoms with Gasteiger partial charge in [0.1, 0.15) is 6.04 Å². The van der Waals surface area contributed by atoms with Gasteiger partial charge in [-0.25, -0.2) is 0 Å². The fourth-order valence-corrected chi connectivity index (χ4v) is 3.88. The molecule has 28 heavy (non-hydrogen) atoms. The molecule has 0 unspecified atom stereocenters. The second-order valence-corrected chi connectivity index (χ2v) is 7.43. The molecule has 1 atom stereocenters. The minimum Gasteiger partial charge on any atom is -0.374 e. The van der Waals surface area contributed by atoms with Crippen LogP contribution in [0.4, 0.5) is 17.1 Å². The number of carbonyl (C=O) groups excluding carboxylic acids is 2. The Kier molecular flexibility index (Phi) is 5.19. The van der Waals surface area contributed by atoms with Crippen molar-refractivity contribution >= 4 is 28.9 Å². The molecule has 2 aliphatic rings. The number of benzene rings is 2. The molecule has 0 aliphatic carbocycles. The van der Waals surface area contributed by atoms with Crippen LogP contribution in [0.1, 0.15) is 18.9 Å². The van der Waals surface area contributed by atoms with E-state index in [0.29, 0.717) is 6.42 Å². The van der Waals surface area contributed by atoms with Gasteiger partial charge in [-0.1, -0.05) is 18.2 Å². The van der Waals surface area contributed by atoms with E-state index in [2.05, 4.69) is 27.7 Å². The van der Waals surface area contributed by atoms with E-state index in [1.807, 2.05) is 48.2 Å². The van der Waals surface area contributed by atoms with Gasteiger partial charge in [-0.3, -0.25) is 9.59 Å². The molecule has 2 aliphatic heterocycles. The van der Waals surface area contributed by atoms with Crippen LogP contribution in [0.15, 0.2) is 48.5 Å². The van der Waals surface area contributed by atoms with Gasteiger partial charge < -0.3 is 20.4 Å². The van der Waals surface area contributed by atoms with Crippen molar-refractivity contribution in [3.63, 3.8) is 0 Å². The fraction of sp³-hybridized carbons (Fsp3) is 0.364. The summed E-state index contributed by atoms with van der Waals surface area (Å²) < 4.78 is 0. The number of nitrogens with one attached hydrogen (secondary N) is 2. The number of amides is 2. The van der Waals surface area contributed by atoms with Gasteiger partial charge in [0.15, 0.2) is 0 Å². The van der Waals surface area contributed by atoms with Crippen molar-refractivity contribution in [3.8, 4) is 0 Å². The first kappa shape index (κ1) is 18.3. The van der Waals surface area contributed by atoms with Crippen molar-refractivity contribution in [2.45, 2.75) is 25.8 Å². The van der Waals surface area contributed by atoms with Crippen molar-refractivity contribution in [3.05, 3.63) is 54.1 Å². The summed E-state index contributed by atoms with van der Waals surface area (Å²) in [5.41, 5.74) is 4.11. The lowest BCUT2D eigenvalue weighted by Gasteiger charge is -2.37. The number of anilines is 3. The number of carbonyl (C=O) groups is 2. The van der Waals surface area contributed by atoms with Crippen LogP contribution in [0.5, 0.6) is 0 Å². The minimum atomic E-state index is -0.292. The van der Waals surface area contributed by atoms with E-state index in [-0.39, 0.29) is 17.9 Å². The first-order valence-corrected chi connectivity index (χ1v) is 9.88. The quantitative estimate of drug-likeness (QED) is 0.859. The summed E-state index contributed by atoms with van der Waals surface area (Å²) in [6.07, 6.45) is 1.25. The van der Waals surface area contributed by atoms with Crippen molar-refractivity contribution in [2.75, 3.05) is 41.7 Å². The van der Waals surface area contributed by atoms with Crippen LogP contribution in [0.25, 0.3) is 0 Å². The maximum Gasteiger partial charge on any atom is 0.244 e. The summed E-state index contributed by atoms with van der Waals surface area (Å²) in [6, 6.07) is 15.9. The Hall–Kier alpha value is -3.02. The average Bonchev–Trinajstić information content (AvgIpc) is 2.74. The molecule has 0 aromatic heterocycles. The zero-order chi connectivity index (χ0) is 19.5. The second-order valence-electron chi connectivity index (χ2n) is 7.43. The van der Waals surface area contributed by atoms with Crippen molar-refractivity contribution in [1.29, 1.82) is 0 Å². The Bertz CT molecular complexity index is 860. The lowest BCUT2D eigenvalue weighted by molar-refractivity contribution is -0.132. The molecule has 1 saturated heterocycles. The molecule has 0 saturated carbocycles. The molecule has 0 spiro atoms. The number of hydrogen-bond acceptors (Lipinski definition) is 4. The van der Waals surface area contributed by atoms with Gasteiger partial charge in [-0.2, -0.15) is 0 Å². The lowest BCUT2D eigenvalue weighted by atomic mass is 10.0. The van der Waals surface area contributed by atoms with E-state index < -0.39 is 0 Å². The van der Waals surface area contributed by atoms with Gasteiger partial charge in [0.05, 0.1) is 0 Å². The smallest absolute Gasteiger partial charge is 0.244 e. The van der Waals surface area contributed by atoms with Crippen molar-refractivity contribution in [1.82, 2.24) is 4.90 Å². The van der Waals surface area contributed by atoms with Crippen LogP contribution < -0.4 is 15.5 Å². The minimum absolute atomic E-state index is 0.0615. The molecule has 2 heterocycles. The number of piperazine rings is 1. The molecule has 1 fully saturated rings. The number of hydrogen-bond donors (Lipinski definition) is 2. The Morgan fingerprint density at radius 2 is 1.79 bits per heavy atom. The monoisotopic (exact) mass is 378 g/mol. The van der Waals surface area contributed by atoms with Gasteiger partial charge in [-0.15, -0.1) is 0 Å². The second kappa shape index (κ2) is 7.92. The molecular weight excluding hydrogens is 352 g/mol. The molecule has 6 heteroatoms. The van der Waals surface area contributed by atoms with E-state index in [1.165, 1.54) is 5.69 Å². The van der Waals surface area contributed by atoms with Crippen LogP contribution >= 0.6 is 0 Å². The maximum atomic E-state index is 12.9. The standard InChI is InChI=1S/C22H26N4O2/c1-16(23-18-8-9-20-17(15-18)7-10-21(27)24-20)22(28)26-13-11-25(12-14-26)19-5-3-2-4-6-19/h2-6,8-9,15-16,23H,7,10-14H2,1H3,(H,24,27)/t16-/m0/s1. The molecule has 2 amide bonds. The number of aryl methyl sites for hydroxylation is 1. The zero-order valence-electron chi connectivity index (χ0n) is 16.1. The van der Waals surface area contributed by atoms with Crippen LogP contribution in [0.3, 0.4) is 0 Å². The summed E-state index contributed by atoms with van der Waals surface area (Å²) >= 11 is 0. The van der Waals surface area contributed by atoms with Crippen LogP contribution in [0.2, 0.25) is 0 Å². The Morgan fingerprint density at radius 3 is 2.54 bits per heavy atom. The topological polar surface area (TPSA) is 64.7 Å². The highest BCUT2D eigenvalue weighted by Crippen LogP contribution is 2.26. The highest BCUT2D eigenvalue weighted by atomic mass is 16.2. The van der Waals surface area contributed by atoms with Crippen LogP contribution in [0, 0.1) is 0 Å². The third-order valence-corrected chi connectivity index (χ3v) is 5.47. The Morgan fingerprint density at radius 1 is 1.04 bits per heavy atom.